The minimum atomic E-state index is -0.525. The predicted octanol–water partition coefficient (Wildman–Crippen LogP) is 3.72. The topological polar surface area (TPSA) is 96.5 Å². The van der Waals surface area contributed by atoms with Gasteiger partial charge in [-0.2, -0.15) is 0 Å². The Bertz CT molecular complexity index is 935. The molecular formula is C17H12N2O4. The van der Waals surface area contributed by atoms with Crippen LogP contribution in [0, 0.1) is 10.1 Å². The van der Waals surface area contributed by atoms with Gasteiger partial charge in [0.15, 0.2) is 0 Å². The van der Waals surface area contributed by atoms with Crippen LogP contribution in [0.2, 0.25) is 0 Å². The number of fused-ring (bicyclic) bond motifs is 1. The van der Waals surface area contributed by atoms with Crippen molar-refractivity contribution >= 4 is 28.7 Å². The van der Waals surface area contributed by atoms with Gasteiger partial charge in [0, 0.05) is 23.1 Å². The number of phenolic OH excluding ortho intramolecular Hbond substituents is 2. The van der Waals surface area contributed by atoms with Crippen molar-refractivity contribution in [3.05, 3.63) is 69.9 Å². The van der Waals surface area contributed by atoms with Gasteiger partial charge in [0.2, 0.25) is 0 Å². The van der Waals surface area contributed by atoms with Crippen LogP contribution in [0.15, 0.2) is 48.5 Å². The highest BCUT2D eigenvalue weighted by molar-refractivity contribution is 5.85. The van der Waals surface area contributed by atoms with E-state index in [9.17, 15) is 20.3 Å². The normalized spacial score (nSPS) is 11.1. The molecule has 0 saturated carbocycles. The van der Waals surface area contributed by atoms with E-state index in [0.717, 1.165) is 5.39 Å². The van der Waals surface area contributed by atoms with Gasteiger partial charge >= 0.3 is 0 Å². The molecule has 1 heterocycles. The fraction of sp³-hybridized carbons (Fsp3) is 0. The molecular weight excluding hydrogens is 296 g/mol. The maximum Gasteiger partial charge on any atom is 0.270 e. The van der Waals surface area contributed by atoms with Crippen molar-refractivity contribution < 1.29 is 15.1 Å². The quantitative estimate of drug-likeness (QED) is 0.567. The third kappa shape index (κ3) is 2.96. The maximum atomic E-state index is 10.8. The van der Waals surface area contributed by atoms with Crippen LogP contribution in [0.25, 0.3) is 23.1 Å². The van der Waals surface area contributed by atoms with Gasteiger partial charge in [0.1, 0.15) is 17.0 Å². The summed E-state index contributed by atoms with van der Waals surface area (Å²) in [6, 6.07) is 12.5. The number of aromatic nitrogens is 1. The van der Waals surface area contributed by atoms with E-state index in [0.29, 0.717) is 16.8 Å². The number of aromatic hydroxyl groups is 2. The second kappa shape index (κ2) is 5.76. The Labute approximate surface area is 131 Å². The lowest BCUT2D eigenvalue weighted by Gasteiger charge is -2.02. The average molecular weight is 308 g/mol. The number of nitro benzene ring substituents is 1. The van der Waals surface area contributed by atoms with Crippen molar-refractivity contribution in [1.82, 2.24) is 4.98 Å². The molecule has 0 aliphatic rings. The first-order chi connectivity index (χ1) is 11.0. The first kappa shape index (κ1) is 14.5. The van der Waals surface area contributed by atoms with E-state index in [2.05, 4.69) is 4.98 Å². The van der Waals surface area contributed by atoms with Gasteiger partial charge in [-0.15, -0.1) is 0 Å². The van der Waals surface area contributed by atoms with Gasteiger partial charge in [-0.25, -0.2) is 4.98 Å². The van der Waals surface area contributed by atoms with E-state index in [1.54, 1.807) is 24.3 Å². The van der Waals surface area contributed by atoms with E-state index in [1.807, 2.05) is 12.1 Å². The third-order valence-electron chi connectivity index (χ3n) is 3.38. The molecule has 0 radical (unpaired) electrons. The summed E-state index contributed by atoms with van der Waals surface area (Å²) in [4.78, 5) is 14.6. The molecule has 0 aliphatic carbocycles. The number of benzene rings is 2. The number of rotatable bonds is 3. The molecule has 114 valence electrons. The van der Waals surface area contributed by atoms with E-state index in [1.165, 1.54) is 24.3 Å². The molecule has 0 spiro atoms. The molecule has 0 unspecified atom stereocenters. The number of para-hydroxylation sites is 1. The monoisotopic (exact) mass is 308 g/mol. The molecule has 0 amide bonds. The average Bonchev–Trinajstić information content (AvgIpc) is 2.54. The zero-order valence-corrected chi connectivity index (χ0v) is 11.9. The molecule has 0 saturated heterocycles. The van der Waals surface area contributed by atoms with Crippen LogP contribution in [0.1, 0.15) is 11.3 Å². The second-order valence-corrected chi connectivity index (χ2v) is 4.92. The third-order valence-corrected chi connectivity index (χ3v) is 3.38. The van der Waals surface area contributed by atoms with Gasteiger partial charge in [-0.1, -0.05) is 18.2 Å². The van der Waals surface area contributed by atoms with Crippen molar-refractivity contribution in [2.24, 2.45) is 0 Å². The Morgan fingerprint density at radius 1 is 1.00 bits per heavy atom. The second-order valence-electron chi connectivity index (χ2n) is 4.92. The lowest BCUT2D eigenvalue weighted by Crippen LogP contribution is -1.88. The largest absolute Gasteiger partial charge is 0.507 e. The van der Waals surface area contributed by atoms with Crippen LogP contribution in [-0.2, 0) is 0 Å². The summed E-state index contributed by atoms with van der Waals surface area (Å²) in [5.74, 6) is 0.0198. The highest BCUT2D eigenvalue weighted by atomic mass is 16.6. The standard InChI is InChI=1S/C17H12N2O4/c20-15-9-8-14(19(22)23)10-12(15)5-7-13-6-4-11-2-1-3-16(21)17(11)18-13/h1-10,20-21H. The van der Waals surface area contributed by atoms with Gasteiger partial charge in [-0.3, -0.25) is 10.1 Å². The number of phenols is 2. The van der Waals surface area contributed by atoms with Gasteiger partial charge in [0.05, 0.1) is 10.6 Å². The molecule has 3 aromatic rings. The Morgan fingerprint density at radius 3 is 2.61 bits per heavy atom. The van der Waals surface area contributed by atoms with Crippen LogP contribution in [0.4, 0.5) is 5.69 Å². The number of hydrogen-bond donors (Lipinski definition) is 2. The van der Waals surface area contributed by atoms with Gasteiger partial charge in [0.25, 0.3) is 5.69 Å². The van der Waals surface area contributed by atoms with Crippen molar-refractivity contribution in [2.75, 3.05) is 0 Å². The summed E-state index contributed by atoms with van der Waals surface area (Å²) >= 11 is 0. The summed E-state index contributed by atoms with van der Waals surface area (Å²) in [7, 11) is 0. The molecule has 2 aromatic carbocycles. The first-order valence-electron chi connectivity index (χ1n) is 6.79. The fourth-order valence-corrected chi connectivity index (χ4v) is 2.20. The molecule has 0 atom stereocenters. The van der Waals surface area contributed by atoms with E-state index in [4.69, 9.17) is 0 Å². The van der Waals surface area contributed by atoms with E-state index >= 15 is 0 Å². The molecule has 0 fully saturated rings. The molecule has 0 bridgehead atoms. The van der Waals surface area contributed by atoms with E-state index < -0.39 is 4.92 Å². The minimum Gasteiger partial charge on any atom is -0.507 e. The van der Waals surface area contributed by atoms with Crippen LogP contribution in [-0.4, -0.2) is 20.1 Å². The SMILES string of the molecule is O=[N+]([O-])c1ccc(O)c(C=Cc2ccc3cccc(O)c3n2)c1. The summed E-state index contributed by atoms with van der Waals surface area (Å²) in [6.45, 7) is 0. The van der Waals surface area contributed by atoms with Crippen molar-refractivity contribution in [3.63, 3.8) is 0 Å². The van der Waals surface area contributed by atoms with Gasteiger partial charge < -0.3 is 10.2 Å². The fourth-order valence-electron chi connectivity index (χ4n) is 2.20. The lowest BCUT2D eigenvalue weighted by atomic mass is 10.1. The zero-order valence-electron chi connectivity index (χ0n) is 11.9. The number of nitro groups is 1. The van der Waals surface area contributed by atoms with Crippen molar-refractivity contribution in [1.29, 1.82) is 0 Å². The Balaban J connectivity index is 1.98. The van der Waals surface area contributed by atoms with Gasteiger partial charge in [-0.05, 0) is 30.4 Å². The smallest absolute Gasteiger partial charge is 0.270 e. The zero-order chi connectivity index (χ0) is 16.4. The van der Waals surface area contributed by atoms with E-state index in [-0.39, 0.29) is 17.2 Å². The first-order valence-corrected chi connectivity index (χ1v) is 6.79. The molecule has 3 rings (SSSR count). The van der Waals surface area contributed by atoms with Crippen LogP contribution in [0.3, 0.4) is 0 Å². The number of pyridine rings is 1. The number of nitrogens with zero attached hydrogens (tertiary/aromatic N) is 2. The van der Waals surface area contributed by atoms with Crippen molar-refractivity contribution in [2.45, 2.75) is 0 Å². The minimum absolute atomic E-state index is 0.0597. The summed E-state index contributed by atoms with van der Waals surface area (Å²) in [5.41, 5.74) is 1.24. The summed E-state index contributed by atoms with van der Waals surface area (Å²) in [6.07, 6.45) is 3.15. The lowest BCUT2D eigenvalue weighted by molar-refractivity contribution is -0.384. The Morgan fingerprint density at radius 2 is 1.83 bits per heavy atom. The summed E-state index contributed by atoms with van der Waals surface area (Å²) in [5, 5.41) is 31.2. The summed E-state index contributed by atoms with van der Waals surface area (Å²) < 4.78 is 0. The van der Waals surface area contributed by atoms with Crippen molar-refractivity contribution in [3.8, 4) is 11.5 Å². The Kier molecular flexibility index (Phi) is 3.64. The number of non-ortho nitro benzene ring substituents is 1. The Hall–Kier alpha value is -3.41. The molecule has 6 heteroatoms. The molecule has 2 N–H and O–H groups in total. The van der Waals surface area contributed by atoms with Crippen LogP contribution in [0.5, 0.6) is 11.5 Å². The van der Waals surface area contributed by atoms with Crippen LogP contribution < -0.4 is 0 Å². The highest BCUT2D eigenvalue weighted by Crippen LogP contribution is 2.26. The number of hydrogen-bond acceptors (Lipinski definition) is 5. The highest BCUT2D eigenvalue weighted by Gasteiger charge is 2.08. The molecule has 23 heavy (non-hydrogen) atoms. The molecule has 0 aliphatic heterocycles. The predicted molar refractivity (Wildman–Crippen MR) is 87.1 cm³/mol. The maximum absolute atomic E-state index is 10.8. The van der Waals surface area contributed by atoms with Crippen LogP contribution >= 0.6 is 0 Å². The molecule has 1 aromatic heterocycles. The molecule has 6 nitrogen and oxygen atoms in total.